The topological polar surface area (TPSA) is 84.6 Å². The van der Waals surface area contributed by atoms with E-state index in [4.69, 9.17) is 10.5 Å². The minimum absolute atomic E-state index is 0.131. The van der Waals surface area contributed by atoms with Crippen LogP contribution in [0.1, 0.15) is 31.2 Å². The molecule has 5 rings (SSSR count). The predicted octanol–water partition coefficient (Wildman–Crippen LogP) is 3.49. The number of ether oxygens (including phenoxy) is 1. The van der Waals surface area contributed by atoms with Crippen LogP contribution in [0.15, 0.2) is 55.0 Å². The molecule has 0 radical (unpaired) electrons. The van der Waals surface area contributed by atoms with Gasteiger partial charge in [-0.3, -0.25) is 14.7 Å². The second kappa shape index (κ2) is 9.75. The molecule has 4 heterocycles. The van der Waals surface area contributed by atoms with Crippen LogP contribution in [0.25, 0.3) is 10.8 Å². The molecule has 2 saturated heterocycles. The third kappa shape index (κ3) is 5.09. The summed E-state index contributed by atoms with van der Waals surface area (Å²) < 4.78 is 6.34. The Morgan fingerprint density at radius 1 is 1.03 bits per heavy atom. The van der Waals surface area contributed by atoms with E-state index in [2.05, 4.69) is 19.8 Å². The number of anilines is 1. The molecule has 7 heteroatoms. The lowest BCUT2D eigenvalue weighted by molar-refractivity contribution is -0.139. The third-order valence-electron chi connectivity index (χ3n) is 6.88. The van der Waals surface area contributed by atoms with Gasteiger partial charge in [0.15, 0.2) is 0 Å². The van der Waals surface area contributed by atoms with Gasteiger partial charge in [0.1, 0.15) is 17.7 Å². The number of pyridine rings is 2. The van der Waals surface area contributed by atoms with Crippen molar-refractivity contribution in [2.45, 2.75) is 38.3 Å². The van der Waals surface area contributed by atoms with Gasteiger partial charge in [0.2, 0.25) is 5.91 Å². The number of carbonyl (C=O) groups excluding carboxylic acids is 1. The Labute approximate surface area is 194 Å². The second-order valence-electron chi connectivity index (χ2n) is 9.13. The number of amides is 1. The lowest BCUT2D eigenvalue weighted by Gasteiger charge is -2.37. The monoisotopic (exact) mass is 445 g/mol. The van der Waals surface area contributed by atoms with Gasteiger partial charge in [-0.25, -0.2) is 4.98 Å². The number of fused-ring (bicyclic) bond motifs is 1. The van der Waals surface area contributed by atoms with Crippen LogP contribution in [0.2, 0.25) is 0 Å². The molecule has 0 atom stereocenters. The molecule has 0 aliphatic carbocycles. The van der Waals surface area contributed by atoms with Crippen molar-refractivity contribution in [3.8, 4) is 5.75 Å². The predicted molar refractivity (Wildman–Crippen MR) is 129 cm³/mol. The summed E-state index contributed by atoms with van der Waals surface area (Å²) in [4.78, 5) is 25.8. The first-order chi connectivity index (χ1) is 16.2. The average molecular weight is 446 g/mol. The third-order valence-corrected chi connectivity index (χ3v) is 6.88. The maximum absolute atomic E-state index is 13.1. The van der Waals surface area contributed by atoms with Crippen molar-refractivity contribution >= 4 is 22.5 Å². The molecular weight excluding hydrogens is 414 g/mol. The Hall–Kier alpha value is -3.19. The van der Waals surface area contributed by atoms with E-state index in [-0.39, 0.29) is 12.0 Å². The van der Waals surface area contributed by atoms with Gasteiger partial charge >= 0.3 is 0 Å². The van der Waals surface area contributed by atoms with E-state index in [1.807, 2.05) is 42.6 Å². The highest BCUT2D eigenvalue weighted by Gasteiger charge is 2.31. The first kappa shape index (κ1) is 21.6. The summed E-state index contributed by atoms with van der Waals surface area (Å²) >= 11 is 0. The average Bonchev–Trinajstić information content (AvgIpc) is 2.85. The number of hydrogen-bond donors (Lipinski definition) is 1. The van der Waals surface area contributed by atoms with Gasteiger partial charge in [0.25, 0.3) is 0 Å². The van der Waals surface area contributed by atoms with E-state index in [0.29, 0.717) is 11.7 Å². The van der Waals surface area contributed by atoms with Crippen LogP contribution in [0.5, 0.6) is 5.75 Å². The van der Waals surface area contributed by atoms with Crippen molar-refractivity contribution in [1.29, 1.82) is 0 Å². The summed E-state index contributed by atoms with van der Waals surface area (Å²) in [6, 6.07) is 12.0. The van der Waals surface area contributed by atoms with E-state index in [0.717, 1.165) is 74.9 Å². The van der Waals surface area contributed by atoms with Crippen molar-refractivity contribution in [2.24, 2.45) is 5.92 Å². The fourth-order valence-electron chi connectivity index (χ4n) is 5.02. The molecular formula is C26H31N5O2. The zero-order valence-electron chi connectivity index (χ0n) is 18.9. The number of nitrogens with zero attached hydrogens (tertiary/aromatic N) is 4. The molecule has 0 unspecified atom stereocenters. The summed E-state index contributed by atoms with van der Waals surface area (Å²) in [6.45, 7) is 4.28. The maximum Gasteiger partial charge on any atom is 0.225 e. The maximum atomic E-state index is 13.1. The van der Waals surface area contributed by atoms with E-state index < -0.39 is 0 Å². The number of likely N-dealkylation sites (tertiary alicyclic amines) is 2. The fourth-order valence-corrected chi connectivity index (χ4v) is 5.02. The summed E-state index contributed by atoms with van der Waals surface area (Å²) in [7, 11) is 0. The molecule has 2 fully saturated rings. The van der Waals surface area contributed by atoms with Crippen LogP contribution >= 0.6 is 0 Å². The van der Waals surface area contributed by atoms with Gasteiger partial charge in [-0.15, -0.1) is 0 Å². The number of piperidine rings is 2. The van der Waals surface area contributed by atoms with Gasteiger partial charge in [0.05, 0.1) is 0 Å². The number of hydrogen-bond acceptors (Lipinski definition) is 6. The van der Waals surface area contributed by atoms with Crippen molar-refractivity contribution in [1.82, 2.24) is 19.8 Å². The molecule has 7 nitrogen and oxygen atoms in total. The van der Waals surface area contributed by atoms with Crippen LogP contribution in [-0.4, -0.2) is 58.0 Å². The first-order valence-electron chi connectivity index (χ1n) is 11.9. The number of benzene rings is 1. The smallest absolute Gasteiger partial charge is 0.225 e. The summed E-state index contributed by atoms with van der Waals surface area (Å²) in [5.74, 6) is 1.91. The van der Waals surface area contributed by atoms with Crippen molar-refractivity contribution < 1.29 is 9.53 Å². The minimum atomic E-state index is 0.131. The highest BCUT2D eigenvalue weighted by molar-refractivity contribution is 5.87. The number of carbonyl (C=O) groups is 1. The molecule has 2 aliphatic rings. The first-order valence-corrected chi connectivity index (χ1v) is 11.9. The van der Waals surface area contributed by atoms with Gasteiger partial charge in [-0.1, -0.05) is 12.1 Å². The number of aromatic nitrogens is 2. The highest BCUT2D eigenvalue weighted by atomic mass is 16.5. The number of nitrogen functional groups attached to an aromatic ring is 1. The van der Waals surface area contributed by atoms with E-state index in [9.17, 15) is 4.79 Å². The summed E-state index contributed by atoms with van der Waals surface area (Å²) in [6.07, 6.45) is 9.13. The van der Waals surface area contributed by atoms with E-state index in [1.165, 1.54) is 5.56 Å². The molecule has 0 saturated carbocycles. The zero-order chi connectivity index (χ0) is 22.6. The van der Waals surface area contributed by atoms with Crippen molar-refractivity contribution in [3.05, 3.63) is 60.6 Å². The van der Waals surface area contributed by atoms with Crippen LogP contribution in [0.3, 0.4) is 0 Å². The van der Waals surface area contributed by atoms with Crippen LogP contribution < -0.4 is 10.5 Å². The molecule has 33 heavy (non-hydrogen) atoms. The Morgan fingerprint density at radius 3 is 2.64 bits per heavy atom. The number of rotatable bonds is 5. The number of nitrogens with two attached hydrogens (primary N) is 1. The zero-order valence-corrected chi connectivity index (χ0v) is 18.9. The fraction of sp³-hybridized carbons (Fsp3) is 0.423. The summed E-state index contributed by atoms with van der Waals surface area (Å²) in [5, 5.41) is 2.17. The molecule has 2 aliphatic heterocycles. The van der Waals surface area contributed by atoms with Gasteiger partial charge in [0, 0.05) is 67.8 Å². The van der Waals surface area contributed by atoms with Crippen LogP contribution in [0.4, 0.5) is 5.82 Å². The molecule has 2 N–H and O–H groups in total. The van der Waals surface area contributed by atoms with Crippen LogP contribution in [-0.2, 0) is 11.3 Å². The van der Waals surface area contributed by atoms with Crippen LogP contribution in [0, 0.1) is 5.92 Å². The van der Waals surface area contributed by atoms with Gasteiger partial charge < -0.3 is 15.4 Å². The Morgan fingerprint density at radius 2 is 1.85 bits per heavy atom. The highest BCUT2D eigenvalue weighted by Crippen LogP contribution is 2.28. The lowest BCUT2D eigenvalue weighted by Crippen LogP contribution is -2.46. The SMILES string of the molecule is Nc1cc(CN2CCC(C(=O)N3CCC(Oc4cccc5cnccc45)CC3)CC2)ccn1. The van der Waals surface area contributed by atoms with Gasteiger partial charge in [-0.2, -0.15) is 0 Å². The summed E-state index contributed by atoms with van der Waals surface area (Å²) in [5.41, 5.74) is 6.97. The Balaban J connectivity index is 1.10. The molecule has 1 aromatic carbocycles. The lowest BCUT2D eigenvalue weighted by atomic mass is 9.94. The largest absolute Gasteiger partial charge is 0.490 e. The normalized spacial score (nSPS) is 18.5. The standard InChI is InChI=1S/C26H31N5O2/c27-25-16-19(4-11-29-25)18-30-12-6-20(7-13-30)26(32)31-14-8-22(9-15-31)33-24-3-1-2-21-17-28-10-5-23(21)24/h1-5,10-11,16-17,20,22H,6-9,12-15,18H2,(H2,27,29). The quantitative estimate of drug-likeness (QED) is 0.647. The second-order valence-corrected chi connectivity index (χ2v) is 9.13. The van der Waals surface area contributed by atoms with E-state index in [1.54, 1.807) is 12.4 Å². The Kier molecular flexibility index (Phi) is 6.39. The van der Waals surface area contributed by atoms with E-state index >= 15 is 0 Å². The van der Waals surface area contributed by atoms with Crippen molar-refractivity contribution in [3.63, 3.8) is 0 Å². The molecule has 172 valence electrons. The van der Waals surface area contributed by atoms with Crippen molar-refractivity contribution in [2.75, 3.05) is 31.9 Å². The molecule has 0 bridgehead atoms. The molecule has 3 aromatic rings. The molecule has 0 spiro atoms. The minimum Gasteiger partial charge on any atom is -0.490 e. The Bertz CT molecular complexity index is 1100. The molecule has 1 amide bonds. The molecule has 2 aromatic heterocycles. The van der Waals surface area contributed by atoms with Gasteiger partial charge in [-0.05, 0) is 55.8 Å².